The predicted molar refractivity (Wildman–Crippen MR) is 135 cm³/mol. The van der Waals surface area contributed by atoms with Crippen molar-refractivity contribution >= 4 is 35.0 Å². The molecule has 8 nitrogen and oxygen atoms in total. The normalized spacial score (nSPS) is 16.3. The monoisotopic (exact) mass is 476 g/mol. The standard InChI is InChI=1S/C25H25FN6O2.CH4/c1-15-21-22(32-13-3-4-20(32)24(34)31(21)2)30-25(28-15)27-14-16-5-11-19(12-6-16)29-23(33)17-7-9-18(26)10-8-17;/h5-12,20H,3-4,13-14H2,1-2H3,(H,29,33)(H,27,28,30);1H4/t20-;/m0./s1. The van der Waals surface area contributed by atoms with E-state index >= 15 is 0 Å². The van der Waals surface area contributed by atoms with Crippen LogP contribution >= 0.6 is 0 Å². The molecule has 2 aliphatic heterocycles. The molecule has 2 N–H and O–H groups in total. The van der Waals surface area contributed by atoms with Crippen molar-refractivity contribution in [1.82, 2.24) is 9.97 Å². The Bertz CT molecular complexity index is 1250. The lowest BCUT2D eigenvalue weighted by Gasteiger charge is -2.37. The summed E-state index contributed by atoms with van der Waals surface area (Å²) in [7, 11) is 1.79. The number of hydrogen-bond acceptors (Lipinski definition) is 6. The Kier molecular flexibility index (Phi) is 6.68. The van der Waals surface area contributed by atoms with Gasteiger partial charge >= 0.3 is 0 Å². The Balaban J connectivity index is 0.00000289. The van der Waals surface area contributed by atoms with Crippen molar-refractivity contribution in [3.05, 3.63) is 71.2 Å². The minimum absolute atomic E-state index is 0. The Morgan fingerprint density at radius 2 is 1.83 bits per heavy atom. The van der Waals surface area contributed by atoms with E-state index in [-0.39, 0.29) is 31.1 Å². The Morgan fingerprint density at radius 1 is 1.11 bits per heavy atom. The summed E-state index contributed by atoms with van der Waals surface area (Å²) < 4.78 is 13.0. The molecule has 1 saturated heterocycles. The summed E-state index contributed by atoms with van der Waals surface area (Å²) in [5.41, 5.74) is 3.55. The molecule has 1 atom stereocenters. The van der Waals surface area contributed by atoms with Gasteiger partial charge in [-0.15, -0.1) is 0 Å². The van der Waals surface area contributed by atoms with Crippen LogP contribution in [0.2, 0.25) is 0 Å². The van der Waals surface area contributed by atoms with E-state index in [1.807, 2.05) is 31.2 Å². The van der Waals surface area contributed by atoms with Crippen LogP contribution < -0.4 is 20.4 Å². The molecule has 9 heteroatoms. The van der Waals surface area contributed by atoms with Gasteiger partial charge in [-0.3, -0.25) is 9.59 Å². The van der Waals surface area contributed by atoms with E-state index in [1.165, 1.54) is 24.3 Å². The smallest absolute Gasteiger partial charge is 0.255 e. The molecule has 35 heavy (non-hydrogen) atoms. The Morgan fingerprint density at radius 3 is 2.54 bits per heavy atom. The highest BCUT2D eigenvalue weighted by Crippen LogP contribution is 2.40. The maximum atomic E-state index is 13.0. The molecule has 182 valence electrons. The maximum Gasteiger partial charge on any atom is 0.255 e. The van der Waals surface area contributed by atoms with Gasteiger partial charge in [0.15, 0.2) is 5.82 Å². The van der Waals surface area contributed by atoms with Gasteiger partial charge in [-0.1, -0.05) is 19.6 Å². The average Bonchev–Trinajstić information content (AvgIpc) is 3.33. The third-order valence-electron chi connectivity index (χ3n) is 6.28. The van der Waals surface area contributed by atoms with Crippen molar-refractivity contribution in [1.29, 1.82) is 0 Å². The fourth-order valence-corrected chi connectivity index (χ4v) is 4.53. The summed E-state index contributed by atoms with van der Waals surface area (Å²) in [6, 6.07) is 12.7. The van der Waals surface area contributed by atoms with Crippen LogP contribution in [0.15, 0.2) is 48.5 Å². The van der Waals surface area contributed by atoms with Gasteiger partial charge in [0.2, 0.25) is 11.9 Å². The summed E-state index contributed by atoms with van der Waals surface area (Å²) >= 11 is 0. The number of benzene rings is 2. The molecular formula is C26H29FN6O2. The number of amides is 2. The number of likely N-dealkylation sites (N-methyl/N-ethyl adjacent to an activating group) is 1. The van der Waals surface area contributed by atoms with Crippen molar-refractivity contribution in [3.63, 3.8) is 0 Å². The highest BCUT2D eigenvalue weighted by molar-refractivity contribution is 6.05. The van der Waals surface area contributed by atoms with Crippen molar-refractivity contribution in [2.24, 2.45) is 0 Å². The number of fused-ring (bicyclic) bond motifs is 3. The van der Waals surface area contributed by atoms with Gasteiger partial charge < -0.3 is 20.4 Å². The van der Waals surface area contributed by atoms with Gasteiger partial charge in [-0.25, -0.2) is 9.37 Å². The van der Waals surface area contributed by atoms with Crippen LogP contribution in [0, 0.1) is 12.7 Å². The summed E-state index contributed by atoms with van der Waals surface area (Å²) in [6.45, 7) is 3.21. The molecule has 5 rings (SSSR count). The fraction of sp³-hybridized carbons (Fsp3) is 0.308. The molecule has 2 aromatic carbocycles. The van der Waals surface area contributed by atoms with E-state index in [4.69, 9.17) is 4.98 Å². The molecule has 2 aliphatic rings. The maximum absolute atomic E-state index is 13.0. The third-order valence-corrected chi connectivity index (χ3v) is 6.28. The molecule has 3 heterocycles. The quantitative estimate of drug-likeness (QED) is 0.568. The number of aryl methyl sites for hydroxylation is 1. The molecular weight excluding hydrogens is 447 g/mol. The van der Waals surface area contributed by atoms with E-state index in [2.05, 4.69) is 20.5 Å². The molecule has 0 unspecified atom stereocenters. The number of nitrogens with zero attached hydrogens (tertiary/aromatic N) is 4. The Hall–Kier alpha value is -4.01. The van der Waals surface area contributed by atoms with Gasteiger partial charge in [0, 0.05) is 31.4 Å². The van der Waals surface area contributed by atoms with Crippen molar-refractivity contribution < 1.29 is 14.0 Å². The first kappa shape index (κ1) is 24.1. The predicted octanol–water partition coefficient (Wildman–Crippen LogP) is 4.37. The molecule has 1 fully saturated rings. The van der Waals surface area contributed by atoms with Crippen LogP contribution in [0.5, 0.6) is 0 Å². The molecule has 1 aromatic heterocycles. The highest BCUT2D eigenvalue weighted by Gasteiger charge is 2.41. The van der Waals surface area contributed by atoms with Crippen LogP contribution in [0.3, 0.4) is 0 Å². The fourth-order valence-electron chi connectivity index (χ4n) is 4.53. The first-order valence-corrected chi connectivity index (χ1v) is 11.2. The summed E-state index contributed by atoms with van der Waals surface area (Å²) in [4.78, 5) is 38.1. The lowest BCUT2D eigenvalue weighted by atomic mass is 10.1. The number of carbonyl (C=O) groups is 2. The zero-order chi connectivity index (χ0) is 23.8. The SMILES string of the molecule is C.Cc1nc(NCc2ccc(NC(=O)c3ccc(F)cc3)cc2)nc2c1N(C)C(=O)[C@@H]1CCCN21. The molecule has 0 spiro atoms. The Labute approximate surface area is 204 Å². The minimum Gasteiger partial charge on any atom is -0.350 e. The van der Waals surface area contributed by atoms with Gasteiger partial charge in [0.05, 0.1) is 5.69 Å². The van der Waals surface area contributed by atoms with Crippen LogP contribution in [0.4, 0.5) is 27.5 Å². The molecule has 0 saturated carbocycles. The second-order valence-electron chi connectivity index (χ2n) is 8.57. The topological polar surface area (TPSA) is 90.5 Å². The molecule has 3 aromatic rings. The number of rotatable bonds is 5. The molecule has 0 radical (unpaired) electrons. The summed E-state index contributed by atoms with van der Waals surface area (Å²) in [6.07, 6.45) is 1.82. The third kappa shape index (κ3) is 4.66. The zero-order valence-corrected chi connectivity index (χ0v) is 19.0. The van der Waals surface area contributed by atoms with E-state index < -0.39 is 0 Å². The van der Waals surface area contributed by atoms with E-state index in [1.54, 1.807) is 11.9 Å². The van der Waals surface area contributed by atoms with Gasteiger partial charge in [-0.05, 0) is 61.7 Å². The number of aromatic nitrogens is 2. The second kappa shape index (κ2) is 9.69. The number of nitrogens with one attached hydrogen (secondary N) is 2. The molecule has 0 aliphatic carbocycles. The lowest BCUT2D eigenvalue weighted by Crippen LogP contribution is -2.49. The van der Waals surface area contributed by atoms with Gasteiger partial charge in [0.25, 0.3) is 5.91 Å². The number of halogens is 1. The first-order chi connectivity index (χ1) is 16.4. The second-order valence-corrected chi connectivity index (χ2v) is 8.57. The van der Waals surface area contributed by atoms with Crippen LogP contribution in [0.1, 0.15) is 41.9 Å². The molecule has 0 bridgehead atoms. The van der Waals surface area contributed by atoms with E-state index in [0.29, 0.717) is 23.7 Å². The van der Waals surface area contributed by atoms with Crippen LogP contribution in [-0.4, -0.2) is 41.4 Å². The van der Waals surface area contributed by atoms with Crippen LogP contribution in [-0.2, 0) is 11.3 Å². The largest absolute Gasteiger partial charge is 0.350 e. The number of hydrogen-bond donors (Lipinski definition) is 2. The van der Waals surface area contributed by atoms with Crippen molar-refractivity contribution in [2.45, 2.75) is 39.8 Å². The number of anilines is 4. The van der Waals surface area contributed by atoms with Crippen molar-refractivity contribution in [3.8, 4) is 0 Å². The van der Waals surface area contributed by atoms with Crippen LogP contribution in [0.25, 0.3) is 0 Å². The van der Waals surface area contributed by atoms with Gasteiger partial charge in [-0.2, -0.15) is 4.98 Å². The van der Waals surface area contributed by atoms with Crippen molar-refractivity contribution in [2.75, 3.05) is 34.0 Å². The van der Waals surface area contributed by atoms with Gasteiger partial charge in [0.1, 0.15) is 17.5 Å². The van der Waals surface area contributed by atoms with E-state index in [9.17, 15) is 14.0 Å². The van der Waals surface area contributed by atoms with E-state index in [0.717, 1.165) is 42.1 Å². The lowest BCUT2D eigenvalue weighted by molar-refractivity contribution is -0.119. The summed E-state index contributed by atoms with van der Waals surface area (Å²) in [5.74, 6) is 0.737. The first-order valence-electron chi connectivity index (χ1n) is 11.2. The average molecular weight is 477 g/mol. The number of carbonyl (C=O) groups excluding carboxylic acids is 2. The molecule has 2 amide bonds. The summed E-state index contributed by atoms with van der Waals surface area (Å²) in [5, 5.41) is 6.08. The highest BCUT2D eigenvalue weighted by atomic mass is 19.1. The zero-order valence-electron chi connectivity index (χ0n) is 19.0. The minimum atomic E-state index is -0.382.